The molecule has 1 aromatic rings. The van der Waals surface area contributed by atoms with Gasteiger partial charge in [-0.3, -0.25) is 0 Å². The molecule has 1 aliphatic rings. The van der Waals surface area contributed by atoms with Crippen molar-refractivity contribution in [2.75, 3.05) is 21.3 Å². The summed E-state index contributed by atoms with van der Waals surface area (Å²) in [4.78, 5) is 0. The Morgan fingerprint density at radius 1 is 1.32 bits per heavy atom. The molecule has 2 unspecified atom stereocenters. The third kappa shape index (κ3) is 2.54. The Bertz CT molecular complexity index is 462. The molecule has 2 atom stereocenters. The Morgan fingerprint density at radius 3 is 2.63 bits per heavy atom. The third-order valence-electron chi connectivity index (χ3n) is 3.99. The van der Waals surface area contributed by atoms with E-state index in [-0.39, 0.29) is 11.9 Å². The van der Waals surface area contributed by atoms with E-state index in [0.717, 1.165) is 30.4 Å². The van der Waals surface area contributed by atoms with E-state index in [1.807, 2.05) is 7.05 Å². The number of ether oxygens (including phenoxy) is 2. The molecule has 0 saturated carbocycles. The molecule has 0 amide bonds. The van der Waals surface area contributed by atoms with E-state index in [4.69, 9.17) is 9.47 Å². The lowest BCUT2D eigenvalue weighted by atomic mass is 9.95. The Kier molecular flexibility index (Phi) is 4.30. The van der Waals surface area contributed by atoms with Crippen LogP contribution in [0.5, 0.6) is 11.5 Å². The molecule has 0 bridgehead atoms. The van der Waals surface area contributed by atoms with Gasteiger partial charge in [0, 0.05) is 17.7 Å². The molecule has 0 radical (unpaired) electrons. The molecular weight excluding hydrogens is 245 g/mol. The van der Waals surface area contributed by atoms with Crippen molar-refractivity contribution in [3.05, 3.63) is 23.0 Å². The van der Waals surface area contributed by atoms with Gasteiger partial charge in [-0.05, 0) is 37.8 Å². The van der Waals surface area contributed by atoms with Crippen molar-refractivity contribution in [2.45, 2.75) is 32.2 Å². The minimum Gasteiger partial charge on any atom is -0.493 e. The molecule has 19 heavy (non-hydrogen) atoms. The monoisotopic (exact) mass is 267 g/mol. The zero-order valence-corrected chi connectivity index (χ0v) is 12.0. The highest BCUT2D eigenvalue weighted by molar-refractivity contribution is 5.53. The van der Waals surface area contributed by atoms with Crippen LogP contribution >= 0.6 is 0 Å². The van der Waals surface area contributed by atoms with Crippen LogP contribution in [0.1, 0.15) is 36.9 Å². The van der Waals surface area contributed by atoms with Gasteiger partial charge in [0.15, 0.2) is 11.5 Å². The summed E-state index contributed by atoms with van der Waals surface area (Å²) in [5.41, 5.74) is 1.69. The number of halogens is 1. The number of benzene rings is 1. The minimum absolute atomic E-state index is 0.104. The second-order valence-electron chi connectivity index (χ2n) is 5.21. The Balaban J connectivity index is 2.63. The van der Waals surface area contributed by atoms with Crippen LogP contribution < -0.4 is 14.8 Å². The van der Waals surface area contributed by atoms with Gasteiger partial charge in [0.25, 0.3) is 0 Å². The normalized spacial score (nSPS) is 22.6. The van der Waals surface area contributed by atoms with Gasteiger partial charge in [-0.25, -0.2) is 4.39 Å². The van der Waals surface area contributed by atoms with Crippen molar-refractivity contribution in [1.82, 2.24) is 5.32 Å². The summed E-state index contributed by atoms with van der Waals surface area (Å²) < 4.78 is 25.0. The van der Waals surface area contributed by atoms with Crippen molar-refractivity contribution in [1.29, 1.82) is 0 Å². The van der Waals surface area contributed by atoms with Crippen molar-refractivity contribution in [3.8, 4) is 11.5 Å². The Hall–Kier alpha value is -1.29. The highest BCUT2D eigenvalue weighted by atomic mass is 19.1. The molecule has 2 rings (SSSR count). The number of hydrogen-bond acceptors (Lipinski definition) is 3. The number of nitrogens with one attached hydrogen (secondary N) is 1. The Labute approximate surface area is 114 Å². The van der Waals surface area contributed by atoms with Gasteiger partial charge in [-0.15, -0.1) is 0 Å². The summed E-state index contributed by atoms with van der Waals surface area (Å²) >= 11 is 0. The molecule has 0 spiro atoms. The van der Waals surface area contributed by atoms with Crippen LogP contribution in [-0.2, 0) is 6.42 Å². The summed E-state index contributed by atoms with van der Waals surface area (Å²) in [5.74, 6) is 1.49. The van der Waals surface area contributed by atoms with Gasteiger partial charge >= 0.3 is 0 Å². The quantitative estimate of drug-likeness (QED) is 0.854. The van der Waals surface area contributed by atoms with E-state index in [9.17, 15) is 4.39 Å². The lowest BCUT2D eigenvalue weighted by molar-refractivity contribution is 0.340. The second-order valence-corrected chi connectivity index (χ2v) is 5.21. The lowest BCUT2D eigenvalue weighted by Gasteiger charge is -2.23. The van der Waals surface area contributed by atoms with Gasteiger partial charge in [-0.1, -0.05) is 6.92 Å². The van der Waals surface area contributed by atoms with E-state index in [2.05, 4.69) is 12.2 Å². The fourth-order valence-corrected chi connectivity index (χ4v) is 2.94. The zero-order chi connectivity index (χ0) is 14.0. The van der Waals surface area contributed by atoms with Crippen LogP contribution in [0.15, 0.2) is 6.07 Å². The first-order valence-electron chi connectivity index (χ1n) is 6.72. The number of methoxy groups -OCH3 is 2. The highest BCUT2D eigenvalue weighted by Crippen LogP contribution is 2.43. The molecule has 0 saturated heterocycles. The van der Waals surface area contributed by atoms with Crippen molar-refractivity contribution in [2.24, 2.45) is 5.92 Å². The maximum Gasteiger partial charge on any atom is 0.165 e. The average molecular weight is 267 g/mol. The predicted molar refractivity (Wildman–Crippen MR) is 73.4 cm³/mol. The lowest BCUT2D eigenvalue weighted by Crippen LogP contribution is -2.20. The maximum absolute atomic E-state index is 14.3. The van der Waals surface area contributed by atoms with E-state index in [0.29, 0.717) is 17.4 Å². The first kappa shape index (κ1) is 14.1. The van der Waals surface area contributed by atoms with Gasteiger partial charge in [0.05, 0.1) is 14.2 Å². The molecular formula is C15H22FNO2. The molecule has 1 aromatic carbocycles. The van der Waals surface area contributed by atoms with Gasteiger partial charge < -0.3 is 14.8 Å². The third-order valence-corrected chi connectivity index (χ3v) is 3.99. The molecule has 1 aliphatic carbocycles. The molecule has 3 nitrogen and oxygen atoms in total. The maximum atomic E-state index is 14.3. The van der Waals surface area contributed by atoms with Crippen molar-refractivity contribution < 1.29 is 13.9 Å². The van der Waals surface area contributed by atoms with Crippen LogP contribution in [0.4, 0.5) is 4.39 Å². The molecule has 106 valence electrons. The number of fused-ring (bicyclic) bond motifs is 1. The summed E-state index contributed by atoms with van der Waals surface area (Å²) in [6.45, 7) is 2.21. The Morgan fingerprint density at radius 2 is 2.05 bits per heavy atom. The molecule has 0 aromatic heterocycles. The van der Waals surface area contributed by atoms with Crippen molar-refractivity contribution in [3.63, 3.8) is 0 Å². The first-order valence-corrected chi connectivity index (χ1v) is 6.72. The number of hydrogen-bond donors (Lipinski definition) is 1. The smallest absolute Gasteiger partial charge is 0.165 e. The molecule has 0 aliphatic heterocycles. The molecule has 0 heterocycles. The average Bonchev–Trinajstić information content (AvgIpc) is 2.58. The second kappa shape index (κ2) is 5.78. The zero-order valence-electron chi connectivity index (χ0n) is 12.0. The summed E-state index contributed by atoms with van der Waals surface area (Å²) in [7, 11) is 5.05. The summed E-state index contributed by atoms with van der Waals surface area (Å²) in [5, 5.41) is 3.28. The van der Waals surface area contributed by atoms with E-state index in [1.165, 1.54) is 13.2 Å². The topological polar surface area (TPSA) is 30.5 Å². The fourth-order valence-electron chi connectivity index (χ4n) is 2.94. The summed E-state index contributed by atoms with van der Waals surface area (Å²) in [6, 6.07) is 1.53. The molecule has 1 N–H and O–H groups in total. The highest BCUT2D eigenvalue weighted by Gasteiger charge is 2.29. The van der Waals surface area contributed by atoms with Crippen LogP contribution in [0, 0.1) is 11.7 Å². The van der Waals surface area contributed by atoms with Crippen molar-refractivity contribution >= 4 is 0 Å². The predicted octanol–water partition coefficient (Wildman–Crippen LogP) is 3.08. The summed E-state index contributed by atoms with van der Waals surface area (Å²) in [6.07, 6.45) is 2.73. The van der Waals surface area contributed by atoms with Crippen LogP contribution in [0.3, 0.4) is 0 Å². The molecule has 4 heteroatoms. The van der Waals surface area contributed by atoms with Gasteiger partial charge in [-0.2, -0.15) is 0 Å². The van der Waals surface area contributed by atoms with Gasteiger partial charge in [0.2, 0.25) is 0 Å². The minimum atomic E-state index is -0.193. The van der Waals surface area contributed by atoms with Crippen LogP contribution in [0.2, 0.25) is 0 Å². The fraction of sp³-hybridized carbons (Fsp3) is 0.600. The first-order chi connectivity index (χ1) is 9.12. The van der Waals surface area contributed by atoms with Crippen LogP contribution in [-0.4, -0.2) is 21.3 Å². The number of rotatable bonds is 3. The molecule has 0 fully saturated rings. The largest absolute Gasteiger partial charge is 0.493 e. The van der Waals surface area contributed by atoms with E-state index in [1.54, 1.807) is 7.11 Å². The standard InChI is InChI=1S/C15H22FNO2/c1-9-5-6-10-11(16)8-13(18-3)15(19-4)14(10)12(7-9)17-2/h8-9,12,17H,5-7H2,1-4H3. The SMILES string of the molecule is CNC1CC(C)CCc2c(F)cc(OC)c(OC)c21. The van der Waals surface area contributed by atoms with E-state index >= 15 is 0 Å². The van der Waals surface area contributed by atoms with E-state index < -0.39 is 0 Å². The van der Waals surface area contributed by atoms with Crippen LogP contribution in [0.25, 0.3) is 0 Å². The van der Waals surface area contributed by atoms with Gasteiger partial charge in [0.1, 0.15) is 5.82 Å².